The number of rotatable bonds is 3. The van der Waals surface area contributed by atoms with E-state index in [1.165, 1.54) is 12.1 Å². The lowest BCUT2D eigenvalue weighted by molar-refractivity contribution is 0.172. The highest BCUT2D eigenvalue weighted by Gasteiger charge is 2.25. The van der Waals surface area contributed by atoms with Crippen molar-refractivity contribution in [3.8, 4) is 11.5 Å². The summed E-state index contributed by atoms with van der Waals surface area (Å²) in [5, 5.41) is 0. The van der Waals surface area contributed by atoms with Gasteiger partial charge in [-0.25, -0.2) is 8.42 Å². The van der Waals surface area contributed by atoms with Gasteiger partial charge < -0.3 is 15.2 Å². The molecule has 0 aliphatic carbocycles. The van der Waals surface area contributed by atoms with Gasteiger partial charge in [0, 0.05) is 12.1 Å². The first-order valence-corrected chi connectivity index (χ1v) is 6.43. The van der Waals surface area contributed by atoms with Crippen LogP contribution in [0.15, 0.2) is 12.1 Å². The molecule has 9 heteroatoms. The number of alkyl halides is 2. The third-order valence-electron chi connectivity index (χ3n) is 2.20. The second kappa shape index (κ2) is 4.48. The quantitative estimate of drug-likeness (QED) is 0.806. The number of anilines is 2. The normalized spacial score (nSPS) is 14.6. The van der Waals surface area contributed by atoms with Crippen LogP contribution in [0.2, 0.25) is 0 Å². The summed E-state index contributed by atoms with van der Waals surface area (Å²) in [5.74, 6) is -2.94. The Labute approximate surface area is 102 Å². The molecule has 3 N–H and O–H groups in total. The van der Waals surface area contributed by atoms with E-state index in [0.717, 1.165) is 0 Å². The molecule has 0 atom stereocenters. The van der Waals surface area contributed by atoms with Gasteiger partial charge in [0.2, 0.25) is 0 Å². The molecule has 1 aliphatic rings. The Kier molecular flexibility index (Phi) is 3.16. The van der Waals surface area contributed by atoms with E-state index in [1.807, 2.05) is 0 Å². The number of fused-ring (bicyclic) bond motifs is 1. The van der Waals surface area contributed by atoms with Crippen LogP contribution in [0.5, 0.6) is 11.5 Å². The number of sulfonamides is 1. The third kappa shape index (κ3) is 2.40. The van der Waals surface area contributed by atoms with Crippen molar-refractivity contribution in [1.82, 2.24) is 0 Å². The Hall–Kier alpha value is -1.77. The van der Waals surface area contributed by atoms with Gasteiger partial charge in [-0.15, -0.1) is 0 Å². The largest absolute Gasteiger partial charge is 0.486 e. The lowest BCUT2D eigenvalue weighted by Crippen LogP contribution is -2.22. The zero-order chi connectivity index (χ0) is 13.3. The van der Waals surface area contributed by atoms with Crippen LogP contribution in [-0.4, -0.2) is 27.4 Å². The fourth-order valence-corrected chi connectivity index (χ4v) is 1.96. The van der Waals surface area contributed by atoms with Crippen molar-refractivity contribution in [3.63, 3.8) is 0 Å². The highest BCUT2D eigenvalue weighted by atomic mass is 32.2. The van der Waals surface area contributed by atoms with E-state index < -0.39 is 15.8 Å². The maximum atomic E-state index is 12.2. The minimum absolute atomic E-state index is 0.0246. The predicted octanol–water partition coefficient (Wildman–Crippen LogP) is 1.00. The first-order valence-electron chi connectivity index (χ1n) is 4.89. The highest BCUT2D eigenvalue weighted by molar-refractivity contribution is 7.93. The summed E-state index contributed by atoms with van der Waals surface area (Å²) in [6, 6.07) is 2.53. The van der Waals surface area contributed by atoms with Crippen molar-refractivity contribution in [3.05, 3.63) is 12.1 Å². The number of ether oxygens (including phenoxy) is 2. The van der Waals surface area contributed by atoms with Gasteiger partial charge in [-0.3, -0.25) is 4.72 Å². The van der Waals surface area contributed by atoms with Crippen molar-refractivity contribution in [2.24, 2.45) is 0 Å². The van der Waals surface area contributed by atoms with E-state index in [1.54, 1.807) is 4.72 Å². The molecule has 0 unspecified atom stereocenters. The molecule has 0 bridgehead atoms. The van der Waals surface area contributed by atoms with Gasteiger partial charge in [-0.2, -0.15) is 8.78 Å². The molecule has 0 saturated carbocycles. The standard InChI is InChI=1S/C9H10F2N2O4S/c10-9(11)18(14,15)13-6-4-8-7(3-5(6)12)16-1-2-17-8/h3-4,9,13H,1-2,12H2. The summed E-state index contributed by atoms with van der Waals surface area (Å²) in [6.07, 6.45) is 0. The van der Waals surface area contributed by atoms with Gasteiger partial charge in [0.25, 0.3) is 10.0 Å². The van der Waals surface area contributed by atoms with E-state index in [4.69, 9.17) is 15.2 Å². The maximum Gasteiger partial charge on any atom is 0.355 e. The molecule has 0 radical (unpaired) electrons. The first kappa shape index (κ1) is 12.7. The van der Waals surface area contributed by atoms with E-state index >= 15 is 0 Å². The van der Waals surface area contributed by atoms with Gasteiger partial charge in [0.1, 0.15) is 13.2 Å². The summed E-state index contributed by atoms with van der Waals surface area (Å²) in [6.45, 7) is 0.631. The minimum Gasteiger partial charge on any atom is -0.486 e. The molecule has 0 saturated heterocycles. The van der Waals surface area contributed by atoms with Gasteiger partial charge >= 0.3 is 5.76 Å². The number of nitrogens with one attached hydrogen (secondary N) is 1. The van der Waals surface area contributed by atoms with E-state index in [-0.39, 0.29) is 23.7 Å². The zero-order valence-corrected chi connectivity index (χ0v) is 9.84. The molecule has 1 aromatic carbocycles. The topological polar surface area (TPSA) is 90.7 Å². The van der Waals surface area contributed by atoms with E-state index in [2.05, 4.69) is 0 Å². The monoisotopic (exact) mass is 280 g/mol. The average molecular weight is 280 g/mol. The van der Waals surface area contributed by atoms with E-state index in [9.17, 15) is 17.2 Å². The second-order valence-electron chi connectivity index (χ2n) is 3.49. The number of nitrogens with two attached hydrogens (primary N) is 1. The Morgan fingerprint density at radius 2 is 1.78 bits per heavy atom. The molecule has 1 heterocycles. The van der Waals surface area contributed by atoms with Crippen LogP contribution in [0, 0.1) is 0 Å². The number of benzene rings is 1. The molecule has 0 aromatic heterocycles. The highest BCUT2D eigenvalue weighted by Crippen LogP contribution is 2.37. The van der Waals surface area contributed by atoms with Crippen LogP contribution in [-0.2, 0) is 10.0 Å². The Morgan fingerprint density at radius 1 is 1.22 bits per heavy atom. The summed E-state index contributed by atoms with van der Waals surface area (Å²) < 4.78 is 58.6. The Bertz CT molecular complexity index is 562. The molecule has 18 heavy (non-hydrogen) atoms. The number of hydrogen-bond donors (Lipinski definition) is 2. The van der Waals surface area contributed by atoms with Gasteiger partial charge in [-0.05, 0) is 0 Å². The number of hydrogen-bond acceptors (Lipinski definition) is 5. The fourth-order valence-electron chi connectivity index (χ4n) is 1.39. The van der Waals surface area contributed by atoms with Gasteiger partial charge in [0.15, 0.2) is 11.5 Å². The summed E-state index contributed by atoms with van der Waals surface area (Å²) >= 11 is 0. The van der Waals surface area contributed by atoms with Crippen LogP contribution < -0.4 is 19.9 Å². The predicted molar refractivity (Wildman–Crippen MR) is 60.4 cm³/mol. The number of nitrogen functional groups attached to an aromatic ring is 1. The van der Waals surface area contributed by atoms with Crippen LogP contribution >= 0.6 is 0 Å². The van der Waals surface area contributed by atoms with Crippen LogP contribution in [0.1, 0.15) is 0 Å². The van der Waals surface area contributed by atoms with Crippen LogP contribution in [0.3, 0.4) is 0 Å². The molecular weight excluding hydrogens is 270 g/mol. The molecule has 1 aromatic rings. The van der Waals surface area contributed by atoms with E-state index in [0.29, 0.717) is 12.4 Å². The molecule has 0 spiro atoms. The fraction of sp³-hybridized carbons (Fsp3) is 0.333. The molecule has 6 nitrogen and oxygen atoms in total. The SMILES string of the molecule is Nc1cc2c(cc1NS(=O)(=O)C(F)F)OCCO2. The smallest absolute Gasteiger partial charge is 0.355 e. The third-order valence-corrected chi connectivity index (χ3v) is 3.17. The zero-order valence-electron chi connectivity index (χ0n) is 9.02. The Balaban J connectivity index is 2.35. The molecule has 100 valence electrons. The van der Waals surface area contributed by atoms with Crippen molar-refractivity contribution in [2.45, 2.75) is 5.76 Å². The maximum absolute atomic E-state index is 12.2. The van der Waals surface area contributed by atoms with Gasteiger partial charge in [-0.1, -0.05) is 0 Å². The summed E-state index contributed by atoms with van der Waals surface area (Å²) in [7, 11) is -4.76. The summed E-state index contributed by atoms with van der Waals surface area (Å²) in [4.78, 5) is 0. The molecule has 0 amide bonds. The lowest BCUT2D eigenvalue weighted by Gasteiger charge is -2.20. The summed E-state index contributed by atoms with van der Waals surface area (Å²) in [5.41, 5.74) is 5.35. The second-order valence-corrected chi connectivity index (χ2v) is 5.14. The van der Waals surface area contributed by atoms with Crippen LogP contribution in [0.4, 0.5) is 20.2 Å². The molecule has 1 aliphatic heterocycles. The first-order chi connectivity index (χ1) is 8.40. The van der Waals surface area contributed by atoms with Crippen molar-refractivity contribution in [2.75, 3.05) is 23.7 Å². The van der Waals surface area contributed by atoms with Crippen LogP contribution in [0.25, 0.3) is 0 Å². The van der Waals surface area contributed by atoms with Crippen molar-refractivity contribution in [1.29, 1.82) is 0 Å². The van der Waals surface area contributed by atoms with Crippen molar-refractivity contribution < 1.29 is 26.7 Å². The Morgan fingerprint density at radius 3 is 2.33 bits per heavy atom. The minimum atomic E-state index is -4.76. The van der Waals surface area contributed by atoms with Crippen molar-refractivity contribution >= 4 is 21.4 Å². The lowest BCUT2D eigenvalue weighted by atomic mass is 10.2. The number of halogens is 2. The average Bonchev–Trinajstić information content (AvgIpc) is 2.29. The molecule has 2 rings (SSSR count). The molecule has 0 fully saturated rings. The molecular formula is C9H10F2N2O4S. The van der Waals surface area contributed by atoms with Gasteiger partial charge in [0.05, 0.1) is 11.4 Å².